The van der Waals surface area contributed by atoms with Crippen molar-refractivity contribution in [3.63, 3.8) is 0 Å². The van der Waals surface area contributed by atoms with E-state index in [0.29, 0.717) is 12.1 Å². The number of carbonyl (C=O) groups excluding carboxylic acids is 3. The van der Waals surface area contributed by atoms with E-state index >= 15 is 0 Å². The zero-order chi connectivity index (χ0) is 25.8. The number of thioether (sulfide) groups is 1. The predicted octanol–water partition coefficient (Wildman–Crippen LogP) is 3.19. The summed E-state index contributed by atoms with van der Waals surface area (Å²) in [6, 6.07) is 13.6. The second-order valence-electron chi connectivity index (χ2n) is 9.94. The highest BCUT2D eigenvalue weighted by molar-refractivity contribution is 9.09. The largest absolute Gasteiger partial charge is 0.394 e. The number of rotatable bonds is 6. The van der Waals surface area contributed by atoms with Crippen LogP contribution < -0.4 is 10.6 Å². The molecule has 1 spiro atoms. The number of aliphatic hydroxyl groups is 1. The summed E-state index contributed by atoms with van der Waals surface area (Å²) in [7, 11) is 1.58. The lowest BCUT2D eigenvalue weighted by atomic mass is 9.70. The molecule has 3 aliphatic heterocycles. The molecule has 0 aromatic heterocycles. The van der Waals surface area contributed by atoms with E-state index in [4.69, 9.17) is 0 Å². The zero-order valence-electron chi connectivity index (χ0n) is 20.4. The molecule has 3 heterocycles. The fraction of sp³-hybridized carbons (Fsp3) is 0.444. The van der Waals surface area contributed by atoms with Crippen LogP contribution in [0.25, 0.3) is 0 Å². The Labute approximate surface area is 223 Å². The molecule has 2 aromatic rings. The summed E-state index contributed by atoms with van der Waals surface area (Å²) in [6.07, 6.45) is 0.584. The first-order chi connectivity index (χ1) is 17.2. The number of aliphatic hydroxyl groups excluding tert-OH is 1. The Kier molecular flexibility index (Phi) is 6.68. The minimum atomic E-state index is -0.850. The number of hydrogen-bond donors (Lipinski definition) is 3. The molecule has 0 radical (unpaired) electrons. The Morgan fingerprint density at radius 2 is 1.92 bits per heavy atom. The number of alkyl halides is 1. The van der Waals surface area contributed by atoms with Crippen LogP contribution in [0.1, 0.15) is 29.2 Å². The van der Waals surface area contributed by atoms with Gasteiger partial charge in [-0.15, -0.1) is 11.8 Å². The third kappa shape index (κ3) is 3.78. The molecule has 3 aliphatic rings. The molecule has 3 N–H and O–H groups in total. The minimum Gasteiger partial charge on any atom is -0.394 e. The first-order valence-corrected chi connectivity index (χ1v) is 13.9. The number of anilines is 1. The Morgan fingerprint density at radius 1 is 1.19 bits per heavy atom. The van der Waals surface area contributed by atoms with E-state index in [1.54, 1.807) is 23.7 Å². The maximum Gasteiger partial charge on any atom is 0.248 e. The lowest BCUT2D eigenvalue weighted by Gasteiger charge is -2.37. The molecule has 0 aliphatic carbocycles. The van der Waals surface area contributed by atoms with Crippen LogP contribution in [0.2, 0.25) is 0 Å². The summed E-state index contributed by atoms with van der Waals surface area (Å²) in [5.74, 6) is -1.93. The van der Waals surface area contributed by atoms with Gasteiger partial charge in [0.2, 0.25) is 17.7 Å². The van der Waals surface area contributed by atoms with Crippen LogP contribution in [0, 0.1) is 25.7 Å². The van der Waals surface area contributed by atoms with Crippen molar-refractivity contribution in [3.05, 3.63) is 65.2 Å². The van der Waals surface area contributed by atoms with Crippen molar-refractivity contribution in [2.75, 3.05) is 19.0 Å². The number of benzene rings is 2. The molecule has 2 aromatic carbocycles. The number of nitrogens with zero attached hydrogens (tertiary/aromatic N) is 1. The van der Waals surface area contributed by atoms with Gasteiger partial charge in [0.15, 0.2) is 0 Å². The summed E-state index contributed by atoms with van der Waals surface area (Å²) >= 11 is 5.34. The smallest absolute Gasteiger partial charge is 0.248 e. The predicted molar refractivity (Wildman–Crippen MR) is 144 cm³/mol. The summed E-state index contributed by atoms with van der Waals surface area (Å²) in [5.41, 5.74) is 3.38. The van der Waals surface area contributed by atoms with Crippen molar-refractivity contribution in [1.29, 1.82) is 0 Å². The van der Waals surface area contributed by atoms with E-state index in [1.807, 2.05) is 62.4 Å². The summed E-state index contributed by atoms with van der Waals surface area (Å²) < 4.78 is -0.781. The van der Waals surface area contributed by atoms with Gasteiger partial charge in [-0.2, -0.15) is 0 Å². The first-order valence-electron chi connectivity index (χ1n) is 12.1. The molecule has 3 amide bonds. The van der Waals surface area contributed by atoms with Crippen molar-refractivity contribution in [2.24, 2.45) is 11.8 Å². The van der Waals surface area contributed by atoms with Crippen LogP contribution in [0.5, 0.6) is 0 Å². The number of aryl methyl sites for hydroxylation is 2. The van der Waals surface area contributed by atoms with Gasteiger partial charge < -0.3 is 20.6 Å². The first kappa shape index (κ1) is 25.3. The third-order valence-corrected chi connectivity index (χ3v) is 11.1. The van der Waals surface area contributed by atoms with E-state index in [2.05, 4.69) is 26.6 Å². The number of fused-ring (bicyclic) bond motifs is 1. The lowest BCUT2D eigenvalue weighted by molar-refractivity contribution is -0.142. The fourth-order valence-electron chi connectivity index (χ4n) is 6.27. The zero-order valence-corrected chi connectivity index (χ0v) is 22.8. The second kappa shape index (κ2) is 9.50. The van der Waals surface area contributed by atoms with Crippen LogP contribution >= 0.6 is 27.7 Å². The molecule has 2 bridgehead atoms. The van der Waals surface area contributed by atoms with E-state index in [1.165, 1.54) is 0 Å². The van der Waals surface area contributed by atoms with Crippen molar-refractivity contribution < 1.29 is 19.5 Å². The molecular formula is C27H30BrN3O4S. The van der Waals surface area contributed by atoms with Gasteiger partial charge in [0, 0.05) is 22.8 Å². The molecule has 0 saturated carbocycles. The van der Waals surface area contributed by atoms with Gasteiger partial charge in [0.25, 0.3) is 0 Å². The van der Waals surface area contributed by atoms with Gasteiger partial charge in [0.1, 0.15) is 6.04 Å². The van der Waals surface area contributed by atoms with Crippen LogP contribution in [-0.4, -0.2) is 62.2 Å². The molecule has 9 heteroatoms. The van der Waals surface area contributed by atoms with E-state index in [0.717, 1.165) is 16.7 Å². The van der Waals surface area contributed by atoms with Crippen molar-refractivity contribution in [2.45, 2.75) is 47.2 Å². The highest BCUT2D eigenvalue weighted by atomic mass is 79.9. The number of carbonyl (C=O) groups is 3. The van der Waals surface area contributed by atoms with Gasteiger partial charge in [-0.05, 0) is 43.0 Å². The molecule has 7 atom stereocenters. The van der Waals surface area contributed by atoms with Gasteiger partial charge in [-0.3, -0.25) is 14.4 Å². The summed E-state index contributed by atoms with van der Waals surface area (Å²) in [4.78, 5) is 42.9. The normalized spacial score (nSPS) is 31.3. The average Bonchev–Trinajstić information content (AvgIpc) is 3.46. The second-order valence-corrected chi connectivity index (χ2v) is 12.7. The molecule has 190 valence electrons. The monoisotopic (exact) mass is 571 g/mol. The number of likely N-dealkylation sites (tertiary alicyclic amines) is 1. The number of hydrogen-bond acceptors (Lipinski definition) is 5. The van der Waals surface area contributed by atoms with Gasteiger partial charge in [0.05, 0.1) is 29.2 Å². The Balaban J connectivity index is 1.63. The SMILES string of the molecule is CNC(=O)[C@H]1[C@@H]2SC3(CC2Br)C(C(=O)Nc2cc(C)ccc2C)N([C@H](CO)c2ccccc2)C(=O)[C@H]13. The van der Waals surface area contributed by atoms with E-state index in [9.17, 15) is 19.5 Å². The van der Waals surface area contributed by atoms with Gasteiger partial charge in [-0.25, -0.2) is 0 Å². The summed E-state index contributed by atoms with van der Waals surface area (Å²) in [6.45, 7) is 3.56. The van der Waals surface area contributed by atoms with Crippen LogP contribution in [0.15, 0.2) is 48.5 Å². The molecule has 36 heavy (non-hydrogen) atoms. The molecule has 3 saturated heterocycles. The van der Waals surface area contributed by atoms with Gasteiger partial charge in [-0.1, -0.05) is 58.4 Å². The van der Waals surface area contributed by atoms with Crippen LogP contribution in [0.3, 0.4) is 0 Å². The Hall–Kier alpha value is -2.36. The topological polar surface area (TPSA) is 98.7 Å². The number of amides is 3. The van der Waals surface area contributed by atoms with Crippen molar-refractivity contribution >= 4 is 51.1 Å². The van der Waals surface area contributed by atoms with Gasteiger partial charge >= 0.3 is 0 Å². The Bertz CT molecular complexity index is 1210. The Morgan fingerprint density at radius 3 is 2.58 bits per heavy atom. The molecule has 3 fully saturated rings. The third-order valence-electron chi connectivity index (χ3n) is 7.87. The van der Waals surface area contributed by atoms with Crippen molar-refractivity contribution in [1.82, 2.24) is 10.2 Å². The molecule has 5 rings (SSSR count). The number of halogens is 1. The summed E-state index contributed by atoms with van der Waals surface area (Å²) in [5, 5.41) is 16.2. The highest BCUT2D eigenvalue weighted by Crippen LogP contribution is 2.68. The average molecular weight is 573 g/mol. The number of nitrogens with one attached hydrogen (secondary N) is 2. The minimum absolute atomic E-state index is 0.00546. The lowest BCUT2D eigenvalue weighted by Crippen LogP contribution is -2.53. The maximum absolute atomic E-state index is 14.2. The van der Waals surface area contributed by atoms with Crippen LogP contribution in [-0.2, 0) is 14.4 Å². The van der Waals surface area contributed by atoms with Crippen LogP contribution in [0.4, 0.5) is 5.69 Å². The van der Waals surface area contributed by atoms with E-state index in [-0.39, 0.29) is 34.4 Å². The maximum atomic E-state index is 14.2. The molecule has 7 nitrogen and oxygen atoms in total. The quantitative estimate of drug-likeness (QED) is 0.462. The van der Waals surface area contributed by atoms with E-state index < -0.39 is 28.7 Å². The molecule has 3 unspecified atom stereocenters. The van der Waals surface area contributed by atoms with Crippen molar-refractivity contribution in [3.8, 4) is 0 Å². The standard InChI is InChI=1S/C27H30BrN3O4S/c1-14-9-10-15(2)18(11-14)30-25(34)23-27-12-17(28)22(36-27)20(24(33)29-3)21(27)26(35)31(23)19(13-32)16-7-5-4-6-8-16/h4-11,17,19-23,32H,12-13H2,1-3H3,(H,29,33)(H,30,34)/t17?,19-,20-,21+,22-,23?,27?/m1/s1. The molecular weight excluding hydrogens is 542 g/mol. The fourth-order valence-corrected chi connectivity index (χ4v) is 9.87. The highest BCUT2D eigenvalue weighted by Gasteiger charge is 2.76.